The zero-order valence-electron chi connectivity index (χ0n) is 9.21. The second-order valence-electron chi connectivity index (χ2n) is 5.98. The quantitative estimate of drug-likeness (QED) is 0.683. The summed E-state index contributed by atoms with van der Waals surface area (Å²) in [6.07, 6.45) is 8.94. The fourth-order valence-electron chi connectivity index (χ4n) is 5.08. The van der Waals surface area contributed by atoms with Crippen molar-refractivity contribution in [2.75, 3.05) is 0 Å². The molecule has 0 amide bonds. The molecule has 3 atom stereocenters. The van der Waals surface area contributed by atoms with Crippen LogP contribution in [-0.2, 0) is 0 Å². The maximum absolute atomic E-state index is 4.58. The molecule has 0 aromatic rings. The molecule has 3 unspecified atom stereocenters. The van der Waals surface area contributed by atoms with E-state index in [-0.39, 0.29) is 5.48 Å². The van der Waals surface area contributed by atoms with Crippen LogP contribution in [-0.4, -0.2) is 11.0 Å². The van der Waals surface area contributed by atoms with Crippen molar-refractivity contribution in [3.8, 4) is 0 Å². The summed E-state index contributed by atoms with van der Waals surface area (Å²) in [5.74, 6) is 4.17. The highest BCUT2D eigenvalue weighted by atomic mass is 16.0. The Balaban J connectivity index is 0.000000750. The van der Waals surface area contributed by atoms with Crippen LogP contribution in [0.25, 0.3) is 0 Å². The van der Waals surface area contributed by atoms with Crippen LogP contribution in [0.1, 0.15) is 45.4 Å². The van der Waals surface area contributed by atoms with Crippen molar-refractivity contribution < 1.29 is 11.2 Å². The standard InChI is InChI=1S/C12H21N.H2O/c1-2-11-10-4-8-3-9(5-10)7-12(11,13)6-8;/h8-11H,2-7,13H2,1H3;1H2. The molecule has 4 aliphatic rings. The van der Waals surface area contributed by atoms with Crippen LogP contribution in [0.4, 0.5) is 0 Å². The van der Waals surface area contributed by atoms with Gasteiger partial charge in [-0.15, -0.1) is 0 Å². The molecule has 0 aromatic heterocycles. The Morgan fingerprint density at radius 2 is 1.71 bits per heavy atom. The van der Waals surface area contributed by atoms with Gasteiger partial charge in [-0.2, -0.15) is 0 Å². The zero-order chi connectivity index (χ0) is 9.05. The van der Waals surface area contributed by atoms with Crippen LogP contribution >= 0.6 is 0 Å². The maximum atomic E-state index is 4.58. The van der Waals surface area contributed by atoms with Gasteiger partial charge >= 0.3 is 0 Å². The predicted octanol–water partition coefficient (Wildman–Crippen LogP) is 1.66. The molecule has 14 heavy (non-hydrogen) atoms. The van der Waals surface area contributed by atoms with E-state index in [4.69, 9.17) is 0 Å². The normalized spacial score (nSPS) is 54.4. The summed E-state index contributed by atoms with van der Waals surface area (Å²) < 4.78 is 0. The van der Waals surface area contributed by atoms with Crippen LogP contribution in [0, 0.1) is 23.7 Å². The van der Waals surface area contributed by atoms with E-state index in [0.717, 1.165) is 23.7 Å². The summed E-state index contributed by atoms with van der Waals surface area (Å²) in [7, 11) is 0. The molecule has 2 nitrogen and oxygen atoms in total. The van der Waals surface area contributed by atoms with E-state index in [1.807, 2.05) is 0 Å². The third-order valence-corrected chi connectivity index (χ3v) is 5.12. The van der Waals surface area contributed by atoms with Crippen molar-refractivity contribution in [2.45, 2.75) is 51.0 Å². The summed E-state index contributed by atoms with van der Waals surface area (Å²) in [5.41, 5.74) is 5.10. The predicted molar refractivity (Wildman–Crippen MR) is 54.9 cm³/mol. The van der Waals surface area contributed by atoms with Crippen LogP contribution in [0.5, 0.6) is 0 Å². The first-order chi connectivity index (χ1) is 6.21. The first-order valence-corrected chi connectivity index (χ1v) is 6.06. The van der Waals surface area contributed by atoms with E-state index in [9.17, 15) is 0 Å². The average Bonchev–Trinajstić information content (AvgIpc) is 2.00. The Morgan fingerprint density at radius 1 is 1.14 bits per heavy atom. The van der Waals surface area contributed by atoms with Gasteiger partial charge in [0.25, 0.3) is 0 Å². The molecule has 4 bridgehead atoms. The van der Waals surface area contributed by atoms with Gasteiger partial charge < -0.3 is 11.2 Å². The Hall–Kier alpha value is -0.0800. The molecule has 2 heteroatoms. The molecule has 4 rings (SSSR count). The number of rotatable bonds is 1. The molecular formula is C12H23NO. The van der Waals surface area contributed by atoms with Crippen LogP contribution < -0.4 is 5.73 Å². The van der Waals surface area contributed by atoms with Gasteiger partial charge in [-0.05, 0) is 43.4 Å². The fraction of sp³-hybridized carbons (Fsp3) is 1.00. The minimum Gasteiger partial charge on any atom is -0.870 e. The van der Waals surface area contributed by atoms with Gasteiger partial charge in [-0.1, -0.05) is 6.92 Å². The molecule has 0 aromatic carbocycles. The number of quaternary nitrogens is 1. The van der Waals surface area contributed by atoms with E-state index < -0.39 is 0 Å². The molecule has 4 N–H and O–H groups in total. The average molecular weight is 197 g/mol. The molecule has 0 heterocycles. The topological polar surface area (TPSA) is 57.6 Å². The molecule has 0 saturated heterocycles. The molecule has 4 fully saturated rings. The van der Waals surface area contributed by atoms with Crippen molar-refractivity contribution in [1.82, 2.24) is 0 Å². The number of hydrogen-bond acceptors (Lipinski definition) is 1. The summed E-state index contributed by atoms with van der Waals surface area (Å²) in [4.78, 5) is 0. The lowest BCUT2D eigenvalue weighted by Crippen LogP contribution is -2.81. The highest BCUT2D eigenvalue weighted by Gasteiger charge is 2.56. The summed E-state index contributed by atoms with van der Waals surface area (Å²) >= 11 is 0. The maximum Gasteiger partial charge on any atom is 0.0982 e. The van der Waals surface area contributed by atoms with E-state index >= 15 is 0 Å². The summed E-state index contributed by atoms with van der Waals surface area (Å²) in [6, 6.07) is 0. The Kier molecular flexibility index (Phi) is 2.39. The van der Waals surface area contributed by atoms with Crippen molar-refractivity contribution in [3.05, 3.63) is 0 Å². The highest BCUT2D eigenvalue weighted by Crippen LogP contribution is 2.57. The van der Waals surface area contributed by atoms with E-state index in [1.54, 1.807) is 19.3 Å². The lowest BCUT2D eigenvalue weighted by Gasteiger charge is -2.57. The molecule has 0 spiro atoms. The Morgan fingerprint density at radius 3 is 2.14 bits per heavy atom. The second-order valence-corrected chi connectivity index (χ2v) is 5.98. The van der Waals surface area contributed by atoms with E-state index in [0.29, 0.717) is 5.54 Å². The van der Waals surface area contributed by atoms with Crippen LogP contribution in [0.3, 0.4) is 0 Å². The molecule has 0 aliphatic heterocycles. The van der Waals surface area contributed by atoms with Gasteiger partial charge in [-0.25, -0.2) is 0 Å². The number of hydrogen-bond donors (Lipinski definition) is 1. The zero-order valence-corrected chi connectivity index (χ0v) is 9.21. The van der Waals surface area contributed by atoms with Crippen molar-refractivity contribution in [3.63, 3.8) is 0 Å². The Labute approximate surface area is 86.6 Å². The molecule has 4 saturated carbocycles. The molecule has 82 valence electrons. The molecular weight excluding hydrogens is 174 g/mol. The summed E-state index contributed by atoms with van der Waals surface area (Å²) in [6.45, 7) is 2.37. The van der Waals surface area contributed by atoms with Crippen LogP contribution in [0.2, 0.25) is 0 Å². The van der Waals surface area contributed by atoms with Crippen molar-refractivity contribution in [2.24, 2.45) is 23.7 Å². The second kappa shape index (κ2) is 3.21. The van der Waals surface area contributed by atoms with Gasteiger partial charge in [0.1, 0.15) is 0 Å². The van der Waals surface area contributed by atoms with E-state index in [2.05, 4.69) is 12.7 Å². The first-order valence-electron chi connectivity index (χ1n) is 6.06. The fourth-order valence-corrected chi connectivity index (χ4v) is 5.08. The monoisotopic (exact) mass is 197 g/mol. The minimum atomic E-state index is 0. The van der Waals surface area contributed by atoms with Crippen molar-refractivity contribution in [1.29, 1.82) is 0 Å². The van der Waals surface area contributed by atoms with Crippen LogP contribution in [0.15, 0.2) is 0 Å². The van der Waals surface area contributed by atoms with Gasteiger partial charge in [0.2, 0.25) is 0 Å². The van der Waals surface area contributed by atoms with Crippen molar-refractivity contribution >= 4 is 0 Å². The van der Waals surface area contributed by atoms with Gasteiger partial charge in [-0.3, -0.25) is 0 Å². The minimum absolute atomic E-state index is 0. The molecule has 0 radical (unpaired) electrons. The SMILES string of the molecule is CCC1C2CC3CC(C2)CC1([NH3+])C3.[OH-]. The highest BCUT2D eigenvalue weighted by molar-refractivity contribution is 5.05. The Bertz CT molecular complexity index is 214. The third-order valence-electron chi connectivity index (χ3n) is 5.12. The lowest BCUT2D eigenvalue weighted by atomic mass is 9.48. The van der Waals surface area contributed by atoms with Gasteiger partial charge in [0.05, 0.1) is 5.54 Å². The lowest BCUT2D eigenvalue weighted by molar-refractivity contribution is -0.521. The summed E-state index contributed by atoms with van der Waals surface area (Å²) in [5, 5.41) is 0. The smallest absolute Gasteiger partial charge is 0.0982 e. The molecule has 4 aliphatic carbocycles. The third kappa shape index (κ3) is 1.24. The largest absolute Gasteiger partial charge is 0.870 e. The van der Waals surface area contributed by atoms with Gasteiger partial charge in [0, 0.05) is 18.8 Å². The first kappa shape index (κ1) is 10.4. The van der Waals surface area contributed by atoms with Gasteiger partial charge in [0.15, 0.2) is 0 Å². The van der Waals surface area contributed by atoms with E-state index in [1.165, 1.54) is 19.3 Å².